The van der Waals surface area contributed by atoms with E-state index in [0.717, 1.165) is 10.0 Å². The SMILES string of the molecule is O=c1[nH]c2ccc(C(Br)c3sccc3Br)cc2o1. The number of hydrogen-bond donors (Lipinski definition) is 1. The number of H-pyrrole nitrogens is 1. The Balaban J connectivity index is 2.09. The maximum atomic E-state index is 11.1. The summed E-state index contributed by atoms with van der Waals surface area (Å²) in [7, 11) is 0. The van der Waals surface area contributed by atoms with Gasteiger partial charge in [-0.15, -0.1) is 11.3 Å². The van der Waals surface area contributed by atoms with E-state index in [1.54, 1.807) is 11.3 Å². The van der Waals surface area contributed by atoms with Crippen molar-refractivity contribution in [2.24, 2.45) is 0 Å². The van der Waals surface area contributed by atoms with E-state index in [2.05, 4.69) is 36.8 Å². The molecule has 0 spiro atoms. The third-order valence-electron chi connectivity index (χ3n) is 2.61. The number of halogens is 2. The molecule has 2 heterocycles. The van der Waals surface area contributed by atoms with Crippen molar-refractivity contribution in [3.63, 3.8) is 0 Å². The molecular formula is C12H7Br2NO2S. The van der Waals surface area contributed by atoms with Crippen LogP contribution in [0, 0.1) is 0 Å². The number of thiophene rings is 1. The van der Waals surface area contributed by atoms with Crippen molar-refractivity contribution in [1.82, 2.24) is 4.98 Å². The van der Waals surface area contributed by atoms with Gasteiger partial charge in [0.2, 0.25) is 0 Å². The predicted molar refractivity (Wildman–Crippen MR) is 79.6 cm³/mol. The first-order valence-corrected chi connectivity index (χ1v) is 7.74. The number of aromatic amines is 1. The smallest absolute Gasteiger partial charge is 0.408 e. The number of oxazole rings is 1. The number of benzene rings is 1. The van der Waals surface area contributed by atoms with Crippen molar-refractivity contribution in [3.05, 3.63) is 55.1 Å². The Bertz CT molecular complexity index is 759. The largest absolute Gasteiger partial charge is 0.417 e. The lowest BCUT2D eigenvalue weighted by Crippen LogP contribution is -1.92. The normalized spacial score (nSPS) is 13.0. The van der Waals surface area contributed by atoms with Crippen LogP contribution in [0.25, 0.3) is 11.1 Å². The maximum Gasteiger partial charge on any atom is 0.417 e. The minimum Gasteiger partial charge on any atom is -0.408 e. The van der Waals surface area contributed by atoms with E-state index in [9.17, 15) is 4.79 Å². The fourth-order valence-electron chi connectivity index (χ4n) is 1.76. The lowest BCUT2D eigenvalue weighted by molar-refractivity contribution is 0.555. The molecule has 1 unspecified atom stereocenters. The van der Waals surface area contributed by atoms with Gasteiger partial charge in [-0.05, 0) is 45.1 Å². The second kappa shape index (κ2) is 4.68. The molecule has 0 fully saturated rings. The van der Waals surface area contributed by atoms with Crippen LogP contribution in [0.3, 0.4) is 0 Å². The van der Waals surface area contributed by atoms with Gasteiger partial charge in [-0.2, -0.15) is 0 Å². The Hall–Kier alpha value is -0.850. The van der Waals surface area contributed by atoms with Gasteiger partial charge in [-0.25, -0.2) is 4.79 Å². The second-order valence-electron chi connectivity index (χ2n) is 3.77. The topological polar surface area (TPSA) is 46.0 Å². The Morgan fingerprint density at radius 1 is 1.33 bits per heavy atom. The van der Waals surface area contributed by atoms with Gasteiger partial charge >= 0.3 is 5.76 Å². The molecule has 0 bridgehead atoms. The summed E-state index contributed by atoms with van der Waals surface area (Å²) >= 11 is 8.86. The molecule has 0 saturated heterocycles. The summed E-state index contributed by atoms with van der Waals surface area (Å²) < 4.78 is 6.14. The summed E-state index contributed by atoms with van der Waals surface area (Å²) in [6.45, 7) is 0. The minimum atomic E-state index is -0.425. The first kappa shape index (κ1) is 12.2. The van der Waals surface area contributed by atoms with Crippen LogP contribution in [0.4, 0.5) is 0 Å². The van der Waals surface area contributed by atoms with Crippen molar-refractivity contribution >= 4 is 54.3 Å². The maximum absolute atomic E-state index is 11.1. The first-order chi connectivity index (χ1) is 8.65. The van der Waals surface area contributed by atoms with Gasteiger partial charge in [0.05, 0.1) is 10.3 Å². The molecule has 0 aliphatic carbocycles. The molecule has 18 heavy (non-hydrogen) atoms. The molecule has 0 saturated carbocycles. The molecule has 0 aliphatic heterocycles. The molecule has 3 aromatic rings. The van der Waals surface area contributed by atoms with Crippen LogP contribution < -0.4 is 5.76 Å². The summed E-state index contributed by atoms with van der Waals surface area (Å²) in [5.41, 5.74) is 2.34. The van der Waals surface area contributed by atoms with Gasteiger partial charge in [0.15, 0.2) is 5.58 Å². The van der Waals surface area contributed by atoms with Crippen LogP contribution in [0.1, 0.15) is 15.3 Å². The van der Waals surface area contributed by atoms with Crippen molar-refractivity contribution in [3.8, 4) is 0 Å². The standard InChI is InChI=1S/C12H7Br2NO2S/c13-7-3-4-18-11(7)10(14)6-1-2-8-9(5-6)17-12(16)15-8/h1-5,10H,(H,15,16). The zero-order valence-electron chi connectivity index (χ0n) is 8.94. The van der Waals surface area contributed by atoms with Crippen LogP contribution in [0.2, 0.25) is 0 Å². The monoisotopic (exact) mass is 387 g/mol. The van der Waals surface area contributed by atoms with E-state index in [1.807, 2.05) is 29.6 Å². The van der Waals surface area contributed by atoms with Crippen LogP contribution in [0.15, 0.2) is 43.3 Å². The summed E-state index contributed by atoms with van der Waals surface area (Å²) in [6, 6.07) is 7.72. The second-order valence-corrected chi connectivity index (χ2v) is 6.48. The molecule has 92 valence electrons. The van der Waals surface area contributed by atoms with E-state index in [0.29, 0.717) is 11.1 Å². The van der Waals surface area contributed by atoms with E-state index in [4.69, 9.17) is 4.42 Å². The first-order valence-electron chi connectivity index (χ1n) is 5.15. The number of rotatable bonds is 2. The lowest BCUT2D eigenvalue weighted by Gasteiger charge is -2.08. The molecule has 0 amide bonds. The summed E-state index contributed by atoms with van der Waals surface area (Å²) in [5, 5.41) is 2.03. The average molecular weight is 389 g/mol. The van der Waals surface area contributed by atoms with Crippen molar-refractivity contribution < 1.29 is 4.42 Å². The predicted octanol–water partition coefficient (Wildman–Crippen LogP) is 4.43. The van der Waals surface area contributed by atoms with Crippen LogP contribution >= 0.6 is 43.2 Å². The third-order valence-corrected chi connectivity index (χ3v) is 5.84. The number of alkyl halides is 1. The van der Waals surface area contributed by atoms with Gasteiger partial charge in [0.25, 0.3) is 0 Å². The van der Waals surface area contributed by atoms with Gasteiger partial charge < -0.3 is 4.42 Å². The van der Waals surface area contributed by atoms with Crippen LogP contribution in [0.5, 0.6) is 0 Å². The van der Waals surface area contributed by atoms with Gasteiger partial charge in [-0.1, -0.05) is 22.0 Å². The number of fused-ring (bicyclic) bond motifs is 1. The zero-order valence-corrected chi connectivity index (χ0v) is 12.9. The third kappa shape index (κ3) is 2.08. The van der Waals surface area contributed by atoms with Crippen molar-refractivity contribution in [2.75, 3.05) is 0 Å². The zero-order chi connectivity index (χ0) is 12.7. The fraction of sp³-hybridized carbons (Fsp3) is 0.0833. The molecule has 6 heteroatoms. The van der Waals surface area contributed by atoms with E-state index >= 15 is 0 Å². The van der Waals surface area contributed by atoms with E-state index in [-0.39, 0.29) is 4.83 Å². The summed E-state index contributed by atoms with van der Waals surface area (Å²) in [4.78, 5) is 15.0. The van der Waals surface area contributed by atoms with Gasteiger partial charge in [0, 0.05) is 9.35 Å². The van der Waals surface area contributed by atoms with E-state index < -0.39 is 5.76 Å². The minimum absolute atomic E-state index is 0.0801. The molecule has 1 N–H and O–H groups in total. The number of nitrogens with one attached hydrogen (secondary N) is 1. The molecule has 1 aromatic carbocycles. The fourth-order valence-corrected chi connectivity index (χ4v) is 4.52. The lowest BCUT2D eigenvalue weighted by atomic mass is 10.1. The molecule has 3 rings (SSSR count). The summed E-state index contributed by atoms with van der Waals surface area (Å²) in [5.74, 6) is -0.425. The molecule has 1 atom stereocenters. The highest BCUT2D eigenvalue weighted by Gasteiger charge is 2.16. The van der Waals surface area contributed by atoms with E-state index in [1.165, 1.54) is 4.88 Å². The van der Waals surface area contributed by atoms with Crippen molar-refractivity contribution in [2.45, 2.75) is 4.83 Å². The molecule has 3 nitrogen and oxygen atoms in total. The molecule has 0 radical (unpaired) electrons. The molecular weight excluding hydrogens is 382 g/mol. The van der Waals surface area contributed by atoms with Crippen LogP contribution in [-0.2, 0) is 0 Å². The Labute approximate surface area is 123 Å². The Morgan fingerprint density at radius 3 is 2.89 bits per heavy atom. The Morgan fingerprint density at radius 2 is 2.17 bits per heavy atom. The average Bonchev–Trinajstić information content (AvgIpc) is 2.91. The highest BCUT2D eigenvalue weighted by molar-refractivity contribution is 9.11. The number of aromatic nitrogens is 1. The molecule has 2 aromatic heterocycles. The summed E-state index contributed by atoms with van der Waals surface area (Å²) in [6.07, 6.45) is 0. The molecule has 0 aliphatic rings. The van der Waals surface area contributed by atoms with Gasteiger partial charge in [0.1, 0.15) is 0 Å². The Kier molecular flexibility index (Phi) is 3.17. The highest BCUT2D eigenvalue weighted by atomic mass is 79.9. The van der Waals surface area contributed by atoms with Crippen LogP contribution in [-0.4, -0.2) is 4.98 Å². The van der Waals surface area contributed by atoms with Crippen molar-refractivity contribution in [1.29, 1.82) is 0 Å². The highest BCUT2D eigenvalue weighted by Crippen LogP contribution is 2.39. The quantitative estimate of drug-likeness (QED) is 0.660. The number of hydrogen-bond acceptors (Lipinski definition) is 3. The van der Waals surface area contributed by atoms with Gasteiger partial charge in [-0.3, -0.25) is 4.98 Å².